The second-order valence-electron chi connectivity index (χ2n) is 5.76. The van der Waals surface area contributed by atoms with E-state index in [9.17, 15) is 9.59 Å². The highest BCUT2D eigenvalue weighted by Gasteiger charge is 2.08. The molecular weight excluding hydrogens is 370 g/mol. The van der Waals surface area contributed by atoms with Gasteiger partial charge >= 0.3 is 11.9 Å². The van der Waals surface area contributed by atoms with Crippen LogP contribution in [0.15, 0.2) is 65.1 Å². The summed E-state index contributed by atoms with van der Waals surface area (Å²) in [6.45, 7) is 1.07. The van der Waals surface area contributed by atoms with Gasteiger partial charge in [-0.2, -0.15) is 0 Å². The maximum absolute atomic E-state index is 11.1. The molecule has 6 nitrogen and oxygen atoms in total. The fourth-order valence-corrected chi connectivity index (χ4v) is 2.53. The second-order valence-corrected chi connectivity index (χ2v) is 5.76. The quantitative estimate of drug-likeness (QED) is 0.565. The van der Waals surface area contributed by atoms with Gasteiger partial charge in [-0.25, -0.2) is 9.59 Å². The van der Waals surface area contributed by atoms with Crippen molar-refractivity contribution in [3.8, 4) is 11.3 Å². The van der Waals surface area contributed by atoms with E-state index >= 15 is 0 Å². The number of carboxylic acid groups (broad SMARTS) is 2. The van der Waals surface area contributed by atoms with Crippen molar-refractivity contribution in [2.24, 2.45) is 0 Å². The topological polar surface area (TPSA) is 99.8 Å². The van der Waals surface area contributed by atoms with E-state index in [0.29, 0.717) is 24.4 Å². The third-order valence-corrected chi connectivity index (χ3v) is 3.88. The number of hydrogen-bond donors (Lipinski definition) is 3. The normalized spacial score (nSPS) is 10.2. The lowest BCUT2D eigenvalue weighted by molar-refractivity contribution is 0.0686. The van der Waals surface area contributed by atoms with Crippen LogP contribution in [-0.2, 0) is 13.1 Å². The molecule has 3 rings (SSSR count). The number of aromatic carboxylic acids is 2. The average molecular weight is 388 g/mol. The predicted molar refractivity (Wildman–Crippen MR) is 102 cm³/mol. The van der Waals surface area contributed by atoms with E-state index in [-0.39, 0.29) is 23.5 Å². The SMILES string of the molecule is Cl.O=C(O)c1ccc(CNCc2ccc(-c3cccc(C(=O)O)c3)o2)cc1. The van der Waals surface area contributed by atoms with Gasteiger partial charge < -0.3 is 19.9 Å². The molecule has 0 spiro atoms. The number of halogens is 1. The molecule has 0 radical (unpaired) electrons. The summed E-state index contributed by atoms with van der Waals surface area (Å²) >= 11 is 0. The van der Waals surface area contributed by atoms with Crippen molar-refractivity contribution in [3.05, 3.63) is 83.1 Å². The lowest BCUT2D eigenvalue weighted by atomic mass is 10.1. The minimum atomic E-state index is -0.978. The number of nitrogens with one attached hydrogen (secondary N) is 1. The Morgan fingerprint density at radius 3 is 2.22 bits per heavy atom. The summed E-state index contributed by atoms with van der Waals surface area (Å²) in [5.74, 6) is -0.590. The lowest BCUT2D eigenvalue weighted by Crippen LogP contribution is -2.12. The maximum atomic E-state index is 11.1. The van der Waals surface area contributed by atoms with Gasteiger partial charge in [0.05, 0.1) is 17.7 Å². The summed E-state index contributed by atoms with van der Waals surface area (Å²) in [7, 11) is 0. The van der Waals surface area contributed by atoms with E-state index in [2.05, 4.69) is 5.32 Å². The predicted octanol–water partition coefficient (Wildman–Crippen LogP) is 4.05. The highest BCUT2D eigenvalue weighted by molar-refractivity contribution is 5.89. The molecule has 0 aliphatic carbocycles. The van der Waals surface area contributed by atoms with Gasteiger partial charge in [-0.15, -0.1) is 12.4 Å². The van der Waals surface area contributed by atoms with E-state index in [4.69, 9.17) is 14.6 Å². The molecule has 0 unspecified atom stereocenters. The maximum Gasteiger partial charge on any atom is 0.335 e. The van der Waals surface area contributed by atoms with E-state index < -0.39 is 11.9 Å². The third-order valence-electron chi connectivity index (χ3n) is 3.88. The monoisotopic (exact) mass is 387 g/mol. The number of carboxylic acids is 2. The third kappa shape index (κ3) is 5.20. The van der Waals surface area contributed by atoms with Crippen molar-refractivity contribution in [1.29, 1.82) is 0 Å². The van der Waals surface area contributed by atoms with Gasteiger partial charge in [-0.05, 0) is 42.0 Å². The zero-order chi connectivity index (χ0) is 18.5. The van der Waals surface area contributed by atoms with Crippen LogP contribution < -0.4 is 5.32 Å². The number of carbonyl (C=O) groups is 2. The standard InChI is InChI=1S/C20H17NO5.ClH/c22-19(23)14-6-4-13(5-7-14)11-21-12-17-8-9-18(26-17)15-2-1-3-16(10-15)20(24)25;/h1-10,21H,11-12H2,(H,22,23)(H,24,25);1H. The van der Waals surface area contributed by atoms with Crippen molar-refractivity contribution in [3.63, 3.8) is 0 Å². The van der Waals surface area contributed by atoms with E-state index in [1.165, 1.54) is 6.07 Å². The first-order valence-electron chi connectivity index (χ1n) is 7.98. The first kappa shape index (κ1) is 20.2. The number of benzene rings is 2. The molecule has 27 heavy (non-hydrogen) atoms. The van der Waals surface area contributed by atoms with Gasteiger partial charge in [-0.1, -0.05) is 24.3 Å². The first-order chi connectivity index (χ1) is 12.5. The number of hydrogen-bond acceptors (Lipinski definition) is 4. The fraction of sp³-hybridized carbons (Fsp3) is 0.100. The summed E-state index contributed by atoms with van der Waals surface area (Å²) in [6.07, 6.45) is 0. The minimum Gasteiger partial charge on any atom is -0.478 e. The molecule has 1 heterocycles. The van der Waals surface area contributed by atoms with Crippen molar-refractivity contribution in [2.45, 2.75) is 13.1 Å². The Labute approximate surface area is 161 Å². The van der Waals surface area contributed by atoms with Gasteiger partial charge in [0, 0.05) is 12.1 Å². The molecule has 0 saturated heterocycles. The molecule has 0 aliphatic rings. The van der Waals surface area contributed by atoms with Crippen LogP contribution in [0.25, 0.3) is 11.3 Å². The summed E-state index contributed by atoms with van der Waals surface area (Å²) in [5, 5.41) is 21.2. The first-order valence-corrected chi connectivity index (χ1v) is 7.98. The lowest BCUT2D eigenvalue weighted by Gasteiger charge is -2.04. The summed E-state index contributed by atoms with van der Waals surface area (Å²) in [6, 6.07) is 16.9. The molecular formula is C20H18ClNO5. The van der Waals surface area contributed by atoms with Gasteiger partial charge in [0.15, 0.2) is 0 Å². The Morgan fingerprint density at radius 2 is 1.56 bits per heavy atom. The van der Waals surface area contributed by atoms with Crippen molar-refractivity contribution in [1.82, 2.24) is 5.32 Å². The smallest absolute Gasteiger partial charge is 0.335 e. The van der Waals surface area contributed by atoms with Crippen LogP contribution in [0.3, 0.4) is 0 Å². The molecule has 0 atom stereocenters. The Balaban J connectivity index is 0.00000261. The molecule has 7 heteroatoms. The van der Waals surface area contributed by atoms with Crippen molar-refractivity contribution >= 4 is 24.3 Å². The van der Waals surface area contributed by atoms with Crippen LogP contribution in [0.5, 0.6) is 0 Å². The van der Waals surface area contributed by atoms with Crippen LogP contribution in [0.2, 0.25) is 0 Å². The molecule has 0 amide bonds. The number of furan rings is 1. The fourth-order valence-electron chi connectivity index (χ4n) is 2.53. The van der Waals surface area contributed by atoms with E-state index in [0.717, 1.165) is 11.3 Å². The van der Waals surface area contributed by atoms with Gasteiger partial charge in [0.1, 0.15) is 11.5 Å². The van der Waals surface area contributed by atoms with Gasteiger partial charge in [-0.3, -0.25) is 0 Å². The molecule has 3 N–H and O–H groups in total. The van der Waals surface area contributed by atoms with E-state index in [1.54, 1.807) is 48.5 Å². The Hall–Kier alpha value is -3.09. The molecule has 0 saturated carbocycles. The highest BCUT2D eigenvalue weighted by atomic mass is 35.5. The Morgan fingerprint density at radius 1 is 0.852 bits per heavy atom. The van der Waals surface area contributed by atoms with Crippen LogP contribution >= 0.6 is 12.4 Å². The molecule has 0 fully saturated rings. The van der Waals surface area contributed by atoms with Crippen molar-refractivity contribution in [2.75, 3.05) is 0 Å². The van der Waals surface area contributed by atoms with Crippen LogP contribution in [0, 0.1) is 0 Å². The summed E-state index contributed by atoms with van der Waals surface area (Å²) in [4.78, 5) is 21.9. The summed E-state index contributed by atoms with van der Waals surface area (Å²) in [5.41, 5.74) is 2.15. The average Bonchev–Trinajstić information content (AvgIpc) is 3.11. The second kappa shape index (κ2) is 9.02. The highest BCUT2D eigenvalue weighted by Crippen LogP contribution is 2.23. The van der Waals surface area contributed by atoms with Crippen LogP contribution in [0.4, 0.5) is 0 Å². The molecule has 3 aromatic rings. The molecule has 0 aliphatic heterocycles. The van der Waals surface area contributed by atoms with E-state index in [1.807, 2.05) is 6.07 Å². The van der Waals surface area contributed by atoms with Gasteiger partial charge in [0.25, 0.3) is 0 Å². The largest absolute Gasteiger partial charge is 0.478 e. The Kier molecular flexibility index (Phi) is 6.76. The van der Waals surface area contributed by atoms with Gasteiger partial charge in [0.2, 0.25) is 0 Å². The molecule has 2 aromatic carbocycles. The minimum absolute atomic E-state index is 0. The molecule has 0 bridgehead atoms. The number of rotatable bonds is 7. The van der Waals surface area contributed by atoms with Crippen molar-refractivity contribution < 1.29 is 24.2 Å². The zero-order valence-corrected chi connectivity index (χ0v) is 15.0. The van der Waals surface area contributed by atoms with Crippen LogP contribution in [-0.4, -0.2) is 22.2 Å². The molecule has 140 valence electrons. The Bertz CT molecular complexity index is 934. The summed E-state index contributed by atoms with van der Waals surface area (Å²) < 4.78 is 5.76. The van der Waals surface area contributed by atoms with Crippen LogP contribution in [0.1, 0.15) is 32.0 Å². The zero-order valence-electron chi connectivity index (χ0n) is 14.2. The molecule has 1 aromatic heterocycles.